The molecule has 1 heterocycles. The highest BCUT2D eigenvalue weighted by Gasteiger charge is 2.16. The first-order valence-corrected chi connectivity index (χ1v) is 8.29. The smallest absolute Gasteiger partial charge is 0.101 e. The van der Waals surface area contributed by atoms with Gasteiger partial charge in [0.25, 0.3) is 0 Å². The molecule has 0 unspecified atom stereocenters. The molecule has 0 atom stereocenters. The zero-order valence-corrected chi connectivity index (χ0v) is 13.5. The molecular weight excluding hydrogens is 304 g/mol. The Balaban J connectivity index is 2.10. The Hall–Kier alpha value is -3.57. The monoisotopic (exact) mass is 318 g/mol. The van der Waals surface area contributed by atoms with Crippen molar-refractivity contribution >= 4 is 32.6 Å². The molecule has 0 amide bonds. The van der Waals surface area contributed by atoms with Crippen LogP contribution in [0.5, 0.6) is 0 Å². The molecule has 0 aliphatic heterocycles. The van der Waals surface area contributed by atoms with E-state index in [2.05, 4.69) is 71.3 Å². The third-order valence-corrected chi connectivity index (χ3v) is 4.82. The van der Waals surface area contributed by atoms with Gasteiger partial charge in [-0.1, -0.05) is 66.7 Å². The van der Waals surface area contributed by atoms with Gasteiger partial charge >= 0.3 is 0 Å². The number of benzene rings is 4. The Kier molecular flexibility index (Phi) is 2.89. The SMILES string of the molecule is N#Cc1ccccc1-n1c2ccccc2c2ccc3ccccc3c21. The molecule has 25 heavy (non-hydrogen) atoms. The standard InChI is InChI=1S/C23H14N2/c24-15-17-8-2-5-11-21(17)25-22-12-6-4-10-19(22)20-14-13-16-7-1-3-9-18(16)23(20)25/h1-14H. The van der Waals surface area contributed by atoms with Crippen molar-refractivity contribution in [3.05, 3.63) is 90.5 Å². The number of fused-ring (bicyclic) bond motifs is 5. The second-order valence-corrected chi connectivity index (χ2v) is 6.16. The van der Waals surface area contributed by atoms with Gasteiger partial charge in [0.2, 0.25) is 0 Å². The molecule has 0 saturated heterocycles. The minimum absolute atomic E-state index is 0.679. The van der Waals surface area contributed by atoms with Crippen LogP contribution in [-0.4, -0.2) is 4.57 Å². The van der Waals surface area contributed by atoms with Gasteiger partial charge in [-0.3, -0.25) is 0 Å². The van der Waals surface area contributed by atoms with Crippen molar-refractivity contribution in [3.8, 4) is 11.8 Å². The molecule has 5 aromatic rings. The molecule has 2 nitrogen and oxygen atoms in total. The second kappa shape index (κ2) is 5.22. The Morgan fingerprint density at radius 1 is 0.640 bits per heavy atom. The lowest BCUT2D eigenvalue weighted by Gasteiger charge is -2.11. The summed E-state index contributed by atoms with van der Waals surface area (Å²) in [6.07, 6.45) is 0. The summed E-state index contributed by atoms with van der Waals surface area (Å²) in [6, 6.07) is 31.3. The molecule has 0 radical (unpaired) electrons. The number of nitriles is 1. The average molecular weight is 318 g/mol. The fourth-order valence-corrected chi connectivity index (χ4v) is 3.74. The van der Waals surface area contributed by atoms with Gasteiger partial charge in [-0.05, 0) is 23.6 Å². The van der Waals surface area contributed by atoms with Crippen molar-refractivity contribution < 1.29 is 0 Å². The Morgan fingerprint density at radius 3 is 2.24 bits per heavy atom. The van der Waals surface area contributed by atoms with Crippen LogP contribution in [-0.2, 0) is 0 Å². The summed E-state index contributed by atoms with van der Waals surface area (Å²) < 4.78 is 2.23. The Bertz CT molecular complexity index is 1300. The summed E-state index contributed by atoms with van der Waals surface area (Å²) in [6.45, 7) is 0. The lowest BCUT2D eigenvalue weighted by Crippen LogP contribution is -1.97. The van der Waals surface area contributed by atoms with E-state index in [1.165, 1.54) is 21.5 Å². The largest absolute Gasteiger partial charge is 0.307 e. The van der Waals surface area contributed by atoms with E-state index in [9.17, 15) is 5.26 Å². The minimum atomic E-state index is 0.679. The summed E-state index contributed by atoms with van der Waals surface area (Å²) >= 11 is 0. The molecule has 0 aliphatic carbocycles. The van der Waals surface area contributed by atoms with Crippen LogP contribution in [0.25, 0.3) is 38.3 Å². The summed E-state index contributed by atoms with van der Waals surface area (Å²) in [5.41, 5.74) is 3.88. The number of hydrogen-bond acceptors (Lipinski definition) is 1. The van der Waals surface area contributed by atoms with E-state index in [1.54, 1.807) is 0 Å². The molecule has 116 valence electrons. The van der Waals surface area contributed by atoms with Gasteiger partial charge in [0.1, 0.15) is 6.07 Å². The molecule has 0 saturated carbocycles. The quantitative estimate of drug-likeness (QED) is 0.383. The zero-order chi connectivity index (χ0) is 16.8. The zero-order valence-electron chi connectivity index (χ0n) is 13.5. The molecule has 4 aromatic carbocycles. The molecule has 0 fully saturated rings. The van der Waals surface area contributed by atoms with Crippen LogP contribution in [0.4, 0.5) is 0 Å². The first-order chi connectivity index (χ1) is 12.4. The molecule has 0 N–H and O–H groups in total. The maximum Gasteiger partial charge on any atom is 0.101 e. The van der Waals surface area contributed by atoms with E-state index in [4.69, 9.17) is 0 Å². The third kappa shape index (κ3) is 1.90. The molecule has 0 aliphatic rings. The van der Waals surface area contributed by atoms with Gasteiger partial charge < -0.3 is 4.57 Å². The summed E-state index contributed by atoms with van der Waals surface area (Å²) in [5, 5.41) is 14.4. The minimum Gasteiger partial charge on any atom is -0.307 e. The van der Waals surface area contributed by atoms with E-state index < -0.39 is 0 Å². The van der Waals surface area contributed by atoms with E-state index in [0.717, 1.165) is 16.7 Å². The van der Waals surface area contributed by atoms with Gasteiger partial charge in [-0.2, -0.15) is 5.26 Å². The van der Waals surface area contributed by atoms with Gasteiger partial charge in [-0.15, -0.1) is 0 Å². The normalized spacial score (nSPS) is 11.2. The van der Waals surface area contributed by atoms with Crippen LogP contribution in [0.15, 0.2) is 84.9 Å². The van der Waals surface area contributed by atoms with Gasteiger partial charge in [0.15, 0.2) is 0 Å². The van der Waals surface area contributed by atoms with E-state index in [-0.39, 0.29) is 0 Å². The second-order valence-electron chi connectivity index (χ2n) is 6.16. The van der Waals surface area contributed by atoms with Gasteiger partial charge in [0.05, 0.1) is 22.3 Å². The molecular formula is C23H14N2. The number of hydrogen-bond donors (Lipinski definition) is 0. The van der Waals surface area contributed by atoms with Crippen LogP contribution in [0.1, 0.15) is 5.56 Å². The fourth-order valence-electron chi connectivity index (χ4n) is 3.74. The number of para-hydroxylation sites is 2. The van der Waals surface area contributed by atoms with Crippen LogP contribution in [0.3, 0.4) is 0 Å². The van der Waals surface area contributed by atoms with Crippen molar-refractivity contribution in [2.75, 3.05) is 0 Å². The summed E-state index contributed by atoms with van der Waals surface area (Å²) in [5.74, 6) is 0. The lowest BCUT2D eigenvalue weighted by molar-refractivity contribution is 1.17. The highest BCUT2D eigenvalue weighted by molar-refractivity contribution is 6.18. The van der Waals surface area contributed by atoms with Crippen LogP contribution in [0, 0.1) is 11.3 Å². The predicted molar refractivity (Wildman–Crippen MR) is 103 cm³/mol. The van der Waals surface area contributed by atoms with Crippen molar-refractivity contribution in [1.82, 2.24) is 4.57 Å². The van der Waals surface area contributed by atoms with Crippen molar-refractivity contribution in [2.24, 2.45) is 0 Å². The lowest BCUT2D eigenvalue weighted by atomic mass is 10.1. The molecule has 1 aromatic heterocycles. The van der Waals surface area contributed by atoms with E-state index in [0.29, 0.717) is 5.56 Å². The van der Waals surface area contributed by atoms with Crippen molar-refractivity contribution in [2.45, 2.75) is 0 Å². The number of nitrogens with zero attached hydrogens (tertiary/aromatic N) is 2. The van der Waals surface area contributed by atoms with Gasteiger partial charge in [-0.25, -0.2) is 0 Å². The summed E-state index contributed by atoms with van der Waals surface area (Å²) in [7, 11) is 0. The average Bonchev–Trinajstić information content (AvgIpc) is 3.03. The van der Waals surface area contributed by atoms with Crippen LogP contribution in [0.2, 0.25) is 0 Å². The fraction of sp³-hybridized carbons (Fsp3) is 0. The topological polar surface area (TPSA) is 28.7 Å². The highest BCUT2D eigenvalue weighted by atomic mass is 15.0. The third-order valence-electron chi connectivity index (χ3n) is 4.82. The Morgan fingerprint density at radius 2 is 1.36 bits per heavy atom. The van der Waals surface area contributed by atoms with Crippen molar-refractivity contribution in [3.63, 3.8) is 0 Å². The number of rotatable bonds is 1. The first-order valence-electron chi connectivity index (χ1n) is 8.29. The number of aromatic nitrogens is 1. The predicted octanol–water partition coefficient (Wildman–Crippen LogP) is 5.81. The van der Waals surface area contributed by atoms with Crippen LogP contribution < -0.4 is 0 Å². The maximum absolute atomic E-state index is 9.61. The van der Waals surface area contributed by atoms with Crippen LogP contribution >= 0.6 is 0 Å². The molecule has 2 heteroatoms. The Labute approximate surface area is 145 Å². The summed E-state index contributed by atoms with van der Waals surface area (Å²) in [4.78, 5) is 0. The first kappa shape index (κ1) is 13.8. The van der Waals surface area contributed by atoms with Crippen molar-refractivity contribution in [1.29, 1.82) is 5.26 Å². The highest BCUT2D eigenvalue weighted by Crippen LogP contribution is 2.36. The molecule has 0 spiro atoms. The molecule has 0 bridgehead atoms. The molecule has 5 rings (SSSR count). The van der Waals surface area contributed by atoms with E-state index >= 15 is 0 Å². The maximum atomic E-state index is 9.61. The van der Waals surface area contributed by atoms with Gasteiger partial charge in [0, 0.05) is 16.2 Å². The van der Waals surface area contributed by atoms with E-state index in [1.807, 2.05) is 24.3 Å².